The molecule has 98 valence electrons. The molecule has 1 aliphatic rings. The molecule has 1 aliphatic carbocycles. The van der Waals surface area contributed by atoms with E-state index in [1.165, 1.54) is 7.11 Å². The van der Waals surface area contributed by atoms with Gasteiger partial charge in [-0.15, -0.1) is 0 Å². The third-order valence-electron chi connectivity index (χ3n) is 3.11. The van der Waals surface area contributed by atoms with Crippen LogP contribution in [0.3, 0.4) is 0 Å². The van der Waals surface area contributed by atoms with E-state index in [1.54, 1.807) is 18.3 Å². The first-order valence-corrected chi connectivity index (χ1v) is 6.15. The molecule has 5 nitrogen and oxygen atoms in total. The van der Waals surface area contributed by atoms with E-state index in [-0.39, 0.29) is 18.1 Å². The fourth-order valence-electron chi connectivity index (χ4n) is 2.18. The predicted molar refractivity (Wildman–Crippen MR) is 66.4 cm³/mol. The van der Waals surface area contributed by atoms with Crippen molar-refractivity contribution in [3.63, 3.8) is 0 Å². The highest BCUT2D eigenvalue weighted by atomic mass is 16.5. The Balaban J connectivity index is 2.02. The minimum atomic E-state index is -0.386. The van der Waals surface area contributed by atoms with Crippen LogP contribution in [0.4, 0.5) is 0 Å². The van der Waals surface area contributed by atoms with Crippen LogP contribution in [0.25, 0.3) is 0 Å². The van der Waals surface area contributed by atoms with Crippen LogP contribution in [0.5, 0.6) is 5.88 Å². The van der Waals surface area contributed by atoms with Crippen LogP contribution < -0.4 is 10.5 Å². The molecule has 2 N–H and O–H groups in total. The molecule has 2 atom stereocenters. The molecule has 0 aromatic carbocycles. The maximum Gasteiger partial charge on any atom is 0.338 e. The smallest absolute Gasteiger partial charge is 0.338 e. The third-order valence-corrected chi connectivity index (χ3v) is 3.11. The first-order chi connectivity index (χ1) is 8.69. The molecule has 1 aromatic rings. The van der Waals surface area contributed by atoms with E-state index in [0.29, 0.717) is 11.4 Å². The zero-order valence-electron chi connectivity index (χ0n) is 10.5. The van der Waals surface area contributed by atoms with E-state index >= 15 is 0 Å². The maximum absolute atomic E-state index is 11.4. The number of hydrogen-bond donors (Lipinski definition) is 1. The number of rotatable bonds is 3. The highest BCUT2D eigenvalue weighted by Crippen LogP contribution is 2.22. The quantitative estimate of drug-likeness (QED) is 0.823. The molecule has 0 saturated heterocycles. The van der Waals surface area contributed by atoms with Crippen LogP contribution in [0, 0.1) is 0 Å². The summed E-state index contributed by atoms with van der Waals surface area (Å²) >= 11 is 0. The topological polar surface area (TPSA) is 74.4 Å². The highest BCUT2D eigenvalue weighted by Gasteiger charge is 2.21. The van der Waals surface area contributed by atoms with Crippen LogP contribution in [-0.4, -0.2) is 30.2 Å². The summed E-state index contributed by atoms with van der Waals surface area (Å²) in [6, 6.07) is 3.41. The van der Waals surface area contributed by atoms with Gasteiger partial charge >= 0.3 is 5.97 Å². The number of carbonyl (C=O) groups is 1. The zero-order chi connectivity index (χ0) is 13.0. The Bertz CT molecular complexity index is 422. The normalized spacial score (nSPS) is 23.4. The van der Waals surface area contributed by atoms with Crippen molar-refractivity contribution in [3.8, 4) is 5.88 Å². The third kappa shape index (κ3) is 3.20. The second-order valence-electron chi connectivity index (χ2n) is 4.54. The molecule has 1 saturated carbocycles. The molecular weight excluding hydrogens is 232 g/mol. The molecule has 18 heavy (non-hydrogen) atoms. The van der Waals surface area contributed by atoms with E-state index in [0.717, 1.165) is 25.7 Å². The second-order valence-corrected chi connectivity index (χ2v) is 4.54. The molecule has 0 bridgehead atoms. The van der Waals surface area contributed by atoms with Gasteiger partial charge in [0.1, 0.15) is 6.10 Å². The number of ether oxygens (including phenoxy) is 2. The number of hydrogen-bond acceptors (Lipinski definition) is 5. The molecule has 1 aromatic heterocycles. The van der Waals surface area contributed by atoms with Crippen LogP contribution in [0.1, 0.15) is 36.0 Å². The molecule has 5 heteroatoms. The molecule has 0 amide bonds. The Morgan fingerprint density at radius 2 is 2.33 bits per heavy atom. The fraction of sp³-hybridized carbons (Fsp3) is 0.538. The number of pyridine rings is 1. The van der Waals surface area contributed by atoms with Gasteiger partial charge in [-0.05, 0) is 31.7 Å². The number of esters is 1. The van der Waals surface area contributed by atoms with Crippen LogP contribution in [-0.2, 0) is 4.74 Å². The molecule has 2 rings (SSSR count). The minimum absolute atomic E-state index is 0.0918. The maximum atomic E-state index is 11.4. The van der Waals surface area contributed by atoms with Crippen molar-refractivity contribution in [2.75, 3.05) is 7.11 Å². The Morgan fingerprint density at radius 1 is 1.50 bits per heavy atom. The molecule has 0 aliphatic heterocycles. The van der Waals surface area contributed by atoms with Gasteiger partial charge in [0.05, 0.1) is 12.7 Å². The van der Waals surface area contributed by atoms with E-state index in [4.69, 9.17) is 10.5 Å². The standard InChI is InChI=1S/C13H18N2O3/c1-17-13(16)9-5-6-15-12(7-9)18-11-4-2-3-10(14)8-11/h5-7,10-11H,2-4,8,14H2,1H3. The summed E-state index contributed by atoms with van der Waals surface area (Å²) in [5.74, 6) is 0.0691. The van der Waals surface area contributed by atoms with E-state index in [9.17, 15) is 4.79 Å². The van der Waals surface area contributed by atoms with Crippen molar-refractivity contribution in [2.24, 2.45) is 5.73 Å². The Labute approximate surface area is 106 Å². The summed E-state index contributed by atoms with van der Waals surface area (Å²) in [6.07, 6.45) is 5.58. The number of methoxy groups -OCH3 is 1. The summed E-state index contributed by atoms with van der Waals surface area (Å²) < 4.78 is 10.4. The highest BCUT2D eigenvalue weighted by molar-refractivity contribution is 5.89. The van der Waals surface area contributed by atoms with Gasteiger partial charge in [0.15, 0.2) is 0 Å². The first-order valence-electron chi connectivity index (χ1n) is 6.15. The van der Waals surface area contributed by atoms with Gasteiger partial charge in [-0.1, -0.05) is 0 Å². The Morgan fingerprint density at radius 3 is 3.06 bits per heavy atom. The average molecular weight is 250 g/mol. The van der Waals surface area contributed by atoms with Crippen molar-refractivity contribution in [3.05, 3.63) is 23.9 Å². The van der Waals surface area contributed by atoms with Gasteiger partial charge in [0.25, 0.3) is 0 Å². The number of carbonyl (C=O) groups excluding carboxylic acids is 1. The van der Waals surface area contributed by atoms with Crippen molar-refractivity contribution >= 4 is 5.97 Å². The van der Waals surface area contributed by atoms with Crippen molar-refractivity contribution in [1.82, 2.24) is 4.98 Å². The van der Waals surface area contributed by atoms with E-state index in [1.807, 2.05) is 0 Å². The van der Waals surface area contributed by atoms with E-state index < -0.39 is 0 Å². The van der Waals surface area contributed by atoms with Gasteiger partial charge < -0.3 is 15.2 Å². The van der Waals surface area contributed by atoms with E-state index in [2.05, 4.69) is 9.72 Å². The number of nitrogens with two attached hydrogens (primary N) is 1. The molecule has 1 fully saturated rings. The summed E-state index contributed by atoms with van der Waals surface area (Å²) in [6.45, 7) is 0. The van der Waals surface area contributed by atoms with Gasteiger partial charge in [-0.25, -0.2) is 9.78 Å². The lowest BCUT2D eigenvalue weighted by Crippen LogP contribution is -2.33. The summed E-state index contributed by atoms with van der Waals surface area (Å²) in [5, 5.41) is 0. The first kappa shape index (κ1) is 12.8. The van der Waals surface area contributed by atoms with Crippen molar-refractivity contribution in [1.29, 1.82) is 0 Å². The van der Waals surface area contributed by atoms with Crippen molar-refractivity contribution < 1.29 is 14.3 Å². The van der Waals surface area contributed by atoms with Gasteiger partial charge in [-0.3, -0.25) is 0 Å². The predicted octanol–water partition coefficient (Wildman–Crippen LogP) is 1.52. The molecule has 2 unspecified atom stereocenters. The van der Waals surface area contributed by atoms with Crippen LogP contribution in [0.15, 0.2) is 18.3 Å². The number of aromatic nitrogens is 1. The largest absolute Gasteiger partial charge is 0.474 e. The summed E-state index contributed by atoms with van der Waals surface area (Å²) in [4.78, 5) is 15.5. The van der Waals surface area contributed by atoms with Crippen LogP contribution >= 0.6 is 0 Å². The Kier molecular flexibility index (Phi) is 4.15. The molecule has 1 heterocycles. The molecule has 0 radical (unpaired) electrons. The lowest BCUT2D eigenvalue weighted by atomic mass is 9.94. The van der Waals surface area contributed by atoms with Crippen molar-refractivity contribution in [2.45, 2.75) is 37.8 Å². The fourth-order valence-corrected chi connectivity index (χ4v) is 2.18. The van der Waals surface area contributed by atoms with Gasteiger partial charge in [0.2, 0.25) is 5.88 Å². The second kappa shape index (κ2) is 5.82. The van der Waals surface area contributed by atoms with Crippen LogP contribution in [0.2, 0.25) is 0 Å². The monoisotopic (exact) mass is 250 g/mol. The summed E-state index contributed by atoms with van der Waals surface area (Å²) in [7, 11) is 1.35. The lowest BCUT2D eigenvalue weighted by molar-refractivity contribution is 0.0599. The Hall–Kier alpha value is -1.62. The lowest BCUT2D eigenvalue weighted by Gasteiger charge is -2.26. The minimum Gasteiger partial charge on any atom is -0.474 e. The van der Waals surface area contributed by atoms with Gasteiger partial charge in [-0.2, -0.15) is 0 Å². The molecule has 0 spiro atoms. The molecular formula is C13H18N2O3. The average Bonchev–Trinajstić information content (AvgIpc) is 2.38. The SMILES string of the molecule is COC(=O)c1ccnc(OC2CCCC(N)C2)c1. The summed E-state index contributed by atoms with van der Waals surface area (Å²) in [5.41, 5.74) is 6.35. The number of nitrogens with zero attached hydrogens (tertiary/aromatic N) is 1. The van der Waals surface area contributed by atoms with Gasteiger partial charge in [0, 0.05) is 18.3 Å². The zero-order valence-corrected chi connectivity index (χ0v) is 10.5.